The number of nitrogens with zero attached hydrogens (tertiary/aromatic N) is 1. The normalized spacial score (nSPS) is 17.5. The van der Waals surface area contributed by atoms with E-state index < -0.39 is 20.0 Å². The smallest absolute Gasteiger partial charge is 0.262 e. The van der Waals surface area contributed by atoms with Crippen LogP contribution in [0.5, 0.6) is 11.5 Å². The van der Waals surface area contributed by atoms with Crippen molar-refractivity contribution in [3.63, 3.8) is 0 Å². The highest BCUT2D eigenvalue weighted by molar-refractivity contribution is 7.92. The van der Waals surface area contributed by atoms with Crippen LogP contribution in [0.4, 0.5) is 5.69 Å². The standard InChI is InChI=1S/C21H26N2O6S2/c1-28-21-9-7-18(31(26,27)23-11-4-2-3-5-12-23)15-19(21)22-30(24,25)17-6-8-20-16(14-17)10-13-29-20/h6-9,14-15,22H,2-5,10-13H2,1H3. The van der Waals surface area contributed by atoms with E-state index in [0.29, 0.717) is 31.9 Å². The Morgan fingerprint density at radius 3 is 2.35 bits per heavy atom. The van der Waals surface area contributed by atoms with Crippen LogP contribution in [0.15, 0.2) is 46.2 Å². The minimum absolute atomic E-state index is 0.0373. The van der Waals surface area contributed by atoms with E-state index in [4.69, 9.17) is 9.47 Å². The lowest BCUT2D eigenvalue weighted by atomic mass is 10.2. The van der Waals surface area contributed by atoms with Crippen molar-refractivity contribution in [3.05, 3.63) is 42.0 Å². The van der Waals surface area contributed by atoms with E-state index in [0.717, 1.165) is 31.2 Å². The summed E-state index contributed by atoms with van der Waals surface area (Å²) in [5.41, 5.74) is 0.905. The van der Waals surface area contributed by atoms with Gasteiger partial charge < -0.3 is 9.47 Å². The molecule has 2 aliphatic rings. The lowest BCUT2D eigenvalue weighted by molar-refractivity contribution is 0.356. The zero-order chi connectivity index (χ0) is 22.1. The Labute approximate surface area is 183 Å². The maximum absolute atomic E-state index is 13.1. The van der Waals surface area contributed by atoms with E-state index in [2.05, 4.69) is 4.72 Å². The number of hydrogen-bond acceptors (Lipinski definition) is 6. The summed E-state index contributed by atoms with van der Waals surface area (Å²) in [4.78, 5) is 0.120. The lowest BCUT2D eigenvalue weighted by Crippen LogP contribution is -2.32. The SMILES string of the molecule is COc1ccc(S(=O)(=O)N2CCCCCC2)cc1NS(=O)(=O)c1ccc2c(c1)CCO2. The molecule has 0 radical (unpaired) electrons. The monoisotopic (exact) mass is 466 g/mol. The van der Waals surface area contributed by atoms with E-state index in [1.807, 2.05) is 0 Å². The molecule has 8 nitrogen and oxygen atoms in total. The van der Waals surface area contributed by atoms with Gasteiger partial charge in [-0.05, 0) is 54.8 Å². The highest BCUT2D eigenvalue weighted by Gasteiger charge is 2.27. The van der Waals surface area contributed by atoms with Gasteiger partial charge in [0.1, 0.15) is 11.5 Å². The first-order valence-corrected chi connectivity index (χ1v) is 13.2. The largest absolute Gasteiger partial charge is 0.495 e. The Hall–Kier alpha value is -2.30. The Balaban J connectivity index is 1.66. The highest BCUT2D eigenvalue weighted by Crippen LogP contribution is 2.33. The van der Waals surface area contributed by atoms with E-state index in [-0.39, 0.29) is 21.2 Å². The number of benzene rings is 2. The van der Waals surface area contributed by atoms with Gasteiger partial charge in [-0.1, -0.05) is 12.8 Å². The highest BCUT2D eigenvalue weighted by atomic mass is 32.2. The zero-order valence-corrected chi connectivity index (χ0v) is 19.0. The molecule has 168 valence electrons. The van der Waals surface area contributed by atoms with Gasteiger partial charge in [0.25, 0.3) is 10.0 Å². The van der Waals surface area contributed by atoms with Crippen molar-refractivity contribution >= 4 is 25.7 Å². The Kier molecular flexibility index (Phi) is 6.14. The fourth-order valence-electron chi connectivity index (χ4n) is 3.89. The molecule has 2 aromatic carbocycles. The zero-order valence-electron chi connectivity index (χ0n) is 17.3. The average Bonchev–Trinajstić information content (AvgIpc) is 3.04. The van der Waals surface area contributed by atoms with Crippen LogP contribution in [-0.4, -0.2) is 47.9 Å². The van der Waals surface area contributed by atoms with E-state index in [1.54, 1.807) is 12.1 Å². The molecule has 2 aliphatic heterocycles. The van der Waals surface area contributed by atoms with Gasteiger partial charge in [-0.2, -0.15) is 4.31 Å². The average molecular weight is 467 g/mol. The van der Waals surface area contributed by atoms with Gasteiger partial charge >= 0.3 is 0 Å². The number of nitrogens with one attached hydrogen (secondary N) is 1. The number of ether oxygens (including phenoxy) is 2. The van der Waals surface area contributed by atoms with Crippen LogP contribution >= 0.6 is 0 Å². The summed E-state index contributed by atoms with van der Waals surface area (Å²) in [7, 11) is -6.28. The fraction of sp³-hybridized carbons (Fsp3) is 0.429. The van der Waals surface area contributed by atoms with Crippen molar-refractivity contribution in [2.75, 3.05) is 31.5 Å². The van der Waals surface area contributed by atoms with Gasteiger partial charge in [0.2, 0.25) is 10.0 Å². The van der Waals surface area contributed by atoms with Crippen molar-refractivity contribution in [2.45, 2.75) is 41.9 Å². The molecule has 0 bridgehead atoms. The Morgan fingerprint density at radius 1 is 0.935 bits per heavy atom. The first kappa shape index (κ1) is 21.9. The van der Waals surface area contributed by atoms with Crippen molar-refractivity contribution in [2.24, 2.45) is 0 Å². The van der Waals surface area contributed by atoms with Crippen molar-refractivity contribution in [1.82, 2.24) is 4.31 Å². The maximum atomic E-state index is 13.1. The summed E-state index contributed by atoms with van der Waals surface area (Å²) < 4.78 is 67.0. The third-order valence-corrected chi connectivity index (χ3v) is 8.85. The molecule has 31 heavy (non-hydrogen) atoms. The molecule has 0 atom stereocenters. The van der Waals surface area contributed by atoms with E-state index >= 15 is 0 Å². The topological polar surface area (TPSA) is 102 Å². The quantitative estimate of drug-likeness (QED) is 0.702. The van der Waals surface area contributed by atoms with Crippen molar-refractivity contribution in [3.8, 4) is 11.5 Å². The van der Waals surface area contributed by atoms with Gasteiger partial charge in [-0.3, -0.25) is 4.72 Å². The predicted octanol–water partition coefficient (Wildman–Crippen LogP) is 3.00. The van der Waals surface area contributed by atoms with Crippen molar-refractivity contribution < 1.29 is 26.3 Å². The number of fused-ring (bicyclic) bond motifs is 1. The van der Waals surface area contributed by atoms with Gasteiger partial charge in [-0.25, -0.2) is 16.8 Å². The summed E-state index contributed by atoms with van der Waals surface area (Å²) >= 11 is 0. The summed E-state index contributed by atoms with van der Waals surface area (Å²) in [6, 6.07) is 8.93. The van der Waals surface area contributed by atoms with Crippen molar-refractivity contribution in [1.29, 1.82) is 0 Å². The summed E-state index contributed by atoms with van der Waals surface area (Å²) in [6.45, 7) is 1.45. The molecule has 1 N–H and O–H groups in total. The second kappa shape index (κ2) is 8.68. The number of rotatable bonds is 6. The van der Waals surface area contributed by atoms with Crippen LogP contribution < -0.4 is 14.2 Å². The van der Waals surface area contributed by atoms with Crippen LogP contribution in [0, 0.1) is 0 Å². The number of sulfonamides is 2. The molecule has 1 saturated heterocycles. The molecule has 0 saturated carbocycles. The summed E-state index contributed by atoms with van der Waals surface area (Å²) in [5.74, 6) is 0.921. The number of hydrogen-bond donors (Lipinski definition) is 1. The second-order valence-corrected chi connectivity index (χ2v) is 11.3. The Morgan fingerprint density at radius 2 is 1.65 bits per heavy atom. The van der Waals surface area contributed by atoms with Crippen LogP contribution in [0.3, 0.4) is 0 Å². The molecule has 0 unspecified atom stereocenters. The maximum Gasteiger partial charge on any atom is 0.262 e. The predicted molar refractivity (Wildman–Crippen MR) is 117 cm³/mol. The van der Waals surface area contributed by atoms with Gasteiger partial charge in [0, 0.05) is 19.5 Å². The molecule has 0 spiro atoms. The first-order chi connectivity index (χ1) is 14.8. The van der Waals surface area contributed by atoms with Crippen LogP contribution in [0.25, 0.3) is 0 Å². The molecular formula is C21H26N2O6S2. The third-order valence-electron chi connectivity index (χ3n) is 5.59. The van der Waals surface area contributed by atoms with Gasteiger partial charge in [0.15, 0.2) is 0 Å². The lowest BCUT2D eigenvalue weighted by Gasteiger charge is -2.21. The second-order valence-electron chi connectivity index (χ2n) is 7.65. The molecule has 4 rings (SSSR count). The molecule has 0 aliphatic carbocycles. The minimum atomic E-state index is -3.95. The third kappa shape index (κ3) is 4.51. The number of methoxy groups -OCH3 is 1. The minimum Gasteiger partial charge on any atom is -0.495 e. The summed E-state index contributed by atoms with van der Waals surface area (Å²) in [6.07, 6.45) is 4.29. The van der Waals surface area contributed by atoms with Crippen LogP contribution in [0.2, 0.25) is 0 Å². The molecule has 2 aromatic rings. The molecule has 10 heteroatoms. The van der Waals surface area contributed by atoms with Gasteiger partial charge in [0.05, 0.1) is 29.2 Å². The fourth-order valence-corrected chi connectivity index (χ4v) is 6.55. The van der Waals surface area contributed by atoms with E-state index in [9.17, 15) is 16.8 Å². The van der Waals surface area contributed by atoms with Crippen LogP contribution in [0.1, 0.15) is 31.2 Å². The molecule has 0 aromatic heterocycles. The van der Waals surface area contributed by atoms with Gasteiger partial charge in [-0.15, -0.1) is 0 Å². The molecular weight excluding hydrogens is 440 g/mol. The number of anilines is 1. The van der Waals surface area contributed by atoms with E-state index in [1.165, 1.54) is 35.7 Å². The molecule has 2 heterocycles. The first-order valence-electron chi connectivity index (χ1n) is 10.3. The molecule has 1 fully saturated rings. The Bertz CT molecular complexity index is 1170. The molecule has 0 amide bonds. The van der Waals surface area contributed by atoms with Crippen LogP contribution in [-0.2, 0) is 26.5 Å². The summed E-state index contributed by atoms with van der Waals surface area (Å²) in [5, 5.41) is 0.